The maximum Gasteiger partial charge on any atom is 0.443 e. The van der Waals surface area contributed by atoms with E-state index in [4.69, 9.17) is 9.47 Å². The highest BCUT2D eigenvalue weighted by atomic mass is 79.9. The van der Waals surface area contributed by atoms with E-state index in [1.807, 2.05) is 6.92 Å². The van der Waals surface area contributed by atoms with Crippen LogP contribution in [0.4, 0.5) is 0 Å². The predicted octanol–water partition coefficient (Wildman–Crippen LogP) is -0.485. The van der Waals surface area contributed by atoms with E-state index in [1.165, 1.54) is 7.89 Å². The quantitative estimate of drug-likeness (QED) is 0.477. The zero-order chi connectivity index (χ0) is 6.62. The molecule has 0 saturated heterocycles. The van der Waals surface area contributed by atoms with E-state index < -0.39 is 0 Å². The molecule has 0 rings (SSSR count). The Morgan fingerprint density at radius 3 is 1.67 bits per heavy atom. The predicted molar refractivity (Wildman–Crippen MR) is 48.4 cm³/mol. The van der Waals surface area contributed by atoms with Gasteiger partial charge in [0.05, 0.1) is 0 Å². The second kappa shape index (κ2) is 6.12. The molecule has 0 aromatic carbocycles. The van der Waals surface area contributed by atoms with Gasteiger partial charge in [-0.05, 0) is 6.92 Å². The lowest BCUT2D eigenvalue weighted by molar-refractivity contribution is -0.128. The average Bonchev–Trinajstić information content (AvgIpc) is 1.87. The summed E-state index contributed by atoms with van der Waals surface area (Å²) in [4.78, 5) is 0. The van der Waals surface area contributed by atoms with Crippen molar-refractivity contribution >= 4 is 44.5 Å². The molecule has 0 heterocycles. The van der Waals surface area contributed by atoms with Gasteiger partial charge in [-0.2, -0.15) is 0 Å². The zero-order valence-electron chi connectivity index (χ0n) is 6.43. The van der Waals surface area contributed by atoms with Gasteiger partial charge >= 0.3 is 19.6 Å². The van der Waals surface area contributed by atoms with Crippen molar-refractivity contribution < 1.29 is 9.47 Å². The second-order valence-corrected chi connectivity index (χ2v) is 6.01. The van der Waals surface area contributed by atoms with E-state index in [2.05, 4.69) is 0 Å². The number of methoxy groups -OCH3 is 2. The average molecular weight is 225 g/mol. The molecular formula is C4H13BrMgO2Si. The summed E-state index contributed by atoms with van der Waals surface area (Å²) in [5.41, 5.74) is 0. The Labute approximate surface area is 78.7 Å². The van der Waals surface area contributed by atoms with Crippen LogP contribution in [-0.2, 0) is 9.47 Å². The van der Waals surface area contributed by atoms with Gasteiger partial charge in [0.1, 0.15) is 0 Å². The molecule has 0 aliphatic rings. The molecule has 54 valence electrons. The summed E-state index contributed by atoms with van der Waals surface area (Å²) >= 11 is -0.0741. The molecular weight excluding hydrogens is 212 g/mol. The number of hydrogen-bond acceptors (Lipinski definition) is 2. The van der Waals surface area contributed by atoms with Gasteiger partial charge in [-0.15, -0.1) is 17.0 Å². The van der Waals surface area contributed by atoms with Crippen LogP contribution >= 0.6 is 17.0 Å². The molecule has 0 aliphatic heterocycles. The molecule has 0 fully saturated rings. The fraction of sp³-hybridized carbons (Fsp3) is 1.00. The number of halogens is 1. The Bertz CT molecular complexity index is 61.3. The van der Waals surface area contributed by atoms with Gasteiger partial charge in [-0.1, -0.05) is 7.89 Å². The number of ether oxygens (including phenoxy) is 2. The lowest BCUT2D eigenvalue weighted by atomic mass is 10.7. The molecule has 0 aliphatic carbocycles. The number of hydrogen-bond donors (Lipinski definition) is 0. The first-order chi connectivity index (χ1) is 3.68. The molecule has 0 radical (unpaired) electrons. The van der Waals surface area contributed by atoms with Crippen LogP contribution in [0, 0.1) is 0 Å². The minimum Gasteiger partial charge on any atom is -0.382 e. The van der Waals surface area contributed by atoms with Crippen LogP contribution < -0.4 is 0 Å². The zero-order valence-corrected chi connectivity index (χ0v) is 11.6. The van der Waals surface area contributed by atoms with Crippen LogP contribution in [0.2, 0.25) is 0 Å². The van der Waals surface area contributed by atoms with E-state index in [1.54, 1.807) is 14.2 Å². The first-order valence-electron chi connectivity index (χ1n) is 2.79. The summed E-state index contributed by atoms with van der Waals surface area (Å²) in [5.74, 6) is 0. The molecule has 0 aromatic rings. The molecule has 0 aromatic heterocycles. The van der Waals surface area contributed by atoms with Gasteiger partial charge < -0.3 is 9.47 Å². The largest absolute Gasteiger partial charge is 0.443 e. The van der Waals surface area contributed by atoms with E-state index in [-0.39, 0.29) is 40.5 Å². The Morgan fingerprint density at radius 2 is 1.67 bits per heavy atom. The van der Waals surface area contributed by atoms with E-state index in [0.717, 1.165) is 0 Å². The Morgan fingerprint density at radius 1 is 1.33 bits per heavy atom. The minimum atomic E-state index is -0.174. The van der Waals surface area contributed by atoms with Crippen LogP contribution in [0.3, 0.4) is 0 Å². The third-order valence-electron chi connectivity index (χ3n) is 1.51. The summed E-state index contributed by atoms with van der Waals surface area (Å²) in [6, 6.07) is 0. The van der Waals surface area contributed by atoms with Crippen molar-refractivity contribution in [2.24, 2.45) is 0 Å². The fourth-order valence-corrected chi connectivity index (χ4v) is 2.68. The maximum absolute atomic E-state index is 5.11. The van der Waals surface area contributed by atoms with Crippen LogP contribution in [0.25, 0.3) is 0 Å². The highest BCUT2D eigenvalue weighted by Crippen LogP contribution is 2.04. The fourth-order valence-electron chi connectivity index (χ4n) is 0.372. The molecule has 5 heteroatoms. The molecule has 0 bridgehead atoms. The normalized spacial score (nSPS) is 10.1. The van der Waals surface area contributed by atoms with Crippen molar-refractivity contribution in [1.29, 1.82) is 0 Å². The SMILES string of the molecule is Br.CO[C](C)(OC)[Mg][SiH3]. The lowest BCUT2D eigenvalue weighted by Gasteiger charge is -2.25. The Hall–Kier alpha value is 1.38. The summed E-state index contributed by atoms with van der Waals surface area (Å²) in [5, 5.41) is 0. The van der Waals surface area contributed by atoms with Crippen molar-refractivity contribution in [3.05, 3.63) is 0 Å². The first kappa shape index (κ1) is 13.0. The highest BCUT2D eigenvalue weighted by Gasteiger charge is 2.20. The van der Waals surface area contributed by atoms with E-state index in [0.29, 0.717) is 0 Å². The van der Waals surface area contributed by atoms with Crippen molar-refractivity contribution in [2.75, 3.05) is 14.2 Å². The van der Waals surface area contributed by atoms with Gasteiger partial charge in [0.2, 0.25) is 0 Å². The topological polar surface area (TPSA) is 18.5 Å². The highest BCUT2D eigenvalue weighted by molar-refractivity contribution is 8.93. The van der Waals surface area contributed by atoms with Crippen molar-refractivity contribution in [1.82, 2.24) is 0 Å². The standard InChI is InChI=1S/C4H9O2.BrH.Mg.H3Si/c1-4(5-2)6-3;;;/h1-3H3;1H;;1H3. The molecule has 0 N–H and O–H groups in total. The molecule has 9 heavy (non-hydrogen) atoms. The lowest BCUT2D eigenvalue weighted by Crippen LogP contribution is -2.37. The summed E-state index contributed by atoms with van der Waals surface area (Å²) < 4.78 is 10.0. The van der Waals surface area contributed by atoms with Gasteiger partial charge in [-0.25, -0.2) is 0 Å². The molecule has 0 atom stereocenters. The smallest absolute Gasteiger partial charge is 0.382 e. The van der Waals surface area contributed by atoms with E-state index in [9.17, 15) is 0 Å². The third-order valence-corrected chi connectivity index (χ3v) is 7.22. The maximum atomic E-state index is 5.11. The van der Waals surface area contributed by atoms with Crippen molar-refractivity contribution in [3.63, 3.8) is 0 Å². The monoisotopic (exact) mass is 224 g/mol. The molecule has 0 unspecified atom stereocenters. The summed E-state index contributed by atoms with van der Waals surface area (Å²) in [7, 11) is 4.66. The third kappa shape index (κ3) is 4.74. The second-order valence-electron chi connectivity index (χ2n) is 1.90. The molecule has 0 spiro atoms. The summed E-state index contributed by atoms with van der Waals surface area (Å²) in [6.45, 7) is 2.01. The van der Waals surface area contributed by atoms with Gasteiger partial charge in [0.15, 0.2) is 0 Å². The minimum absolute atomic E-state index is 0. The first-order valence-corrected chi connectivity index (χ1v) is 9.15. The van der Waals surface area contributed by atoms with Crippen LogP contribution in [0.15, 0.2) is 0 Å². The van der Waals surface area contributed by atoms with Crippen LogP contribution in [0.1, 0.15) is 6.92 Å². The van der Waals surface area contributed by atoms with Crippen LogP contribution in [0.5, 0.6) is 0 Å². The van der Waals surface area contributed by atoms with Crippen LogP contribution in [-0.4, -0.2) is 45.6 Å². The Kier molecular flexibility index (Phi) is 8.84. The van der Waals surface area contributed by atoms with Gasteiger partial charge in [0, 0.05) is 18.1 Å². The van der Waals surface area contributed by atoms with Crippen molar-refractivity contribution in [3.8, 4) is 0 Å². The molecule has 2 nitrogen and oxygen atoms in total. The van der Waals surface area contributed by atoms with E-state index >= 15 is 0 Å². The Balaban J connectivity index is 0. The molecule has 0 saturated carbocycles. The number of rotatable bonds is 3. The van der Waals surface area contributed by atoms with Gasteiger partial charge in [-0.3, -0.25) is 0 Å². The van der Waals surface area contributed by atoms with Crippen molar-refractivity contribution in [2.45, 2.75) is 10.8 Å². The molecule has 0 amide bonds. The van der Waals surface area contributed by atoms with Gasteiger partial charge in [0.25, 0.3) is 0 Å². The summed E-state index contributed by atoms with van der Waals surface area (Å²) in [6.07, 6.45) is 0.